The van der Waals surface area contributed by atoms with Gasteiger partial charge in [-0.15, -0.1) is 0 Å². The molecule has 0 rings (SSSR count). The molecule has 1 atom stereocenters. The first-order valence-electron chi connectivity index (χ1n) is 18.9. The van der Waals surface area contributed by atoms with Gasteiger partial charge in [-0.05, 0) is 57.8 Å². The van der Waals surface area contributed by atoms with E-state index in [1.165, 1.54) is 83.5 Å². The van der Waals surface area contributed by atoms with Gasteiger partial charge in [0.1, 0.15) is 6.10 Å². The van der Waals surface area contributed by atoms with E-state index in [1.54, 1.807) is 0 Å². The van der Waals surface area contributed by atoms with Gasteiger partial charge in [-0.1, -0.05) is 177 Å². The fraction of sp³-hybridized carbons (Fsp3) is 0.667. The van der Waals surface area contributed by atoms with Crippen molar-refractivity contribution in [3.05, 3.63) is 72.9 Å². The summed E-state index contributed by atoms with van der Waals surface area (Å²) in [5.74, 6) is -1.21. The smallest absolute Gasteiger partial charge is 0.307 e. The minimum atomic E-state index is -0.907. The summed E-state index contributed by atoms with van der Waals surface area (Å²) in [6.07, 6.45) is 52.1. The highest BCUT2D eigenvalue weighted by molar-refractivity contribution is 5.71. The minimum absolute atomic E-state index is 0.107. The molecule has 0 aromatic heterocycles. The largest absolute Gasteiger partial charge is 0.481 e. The van der Waals surface area contributed by atoms with Gasteiger partial charge in [0.15, 0.2) is 0 Å². The zero-order valence-corrected chi connectivity index (χ0v) is 29.9. The first kappa shape index (κ1) is 43.4. The van der Waals surface area contributed by atoms with Crippen molar-refractivity contribution >= 4 is 11.9 Å². The quantitative estimate of drug-likeness (QED) is 0.0441. The summed E-state index contributed by atoms with van der Waals surface area (Å²) in [6.45, 7) is 4.42. The molecule has 0 aliphatic heterocycles. The third kappa shape index (κ3) is 35.9. The van der Waals surface area contributed by atoms with Crippen LogP contribution < -0.4 is 0 Å². The summed E-state index contributed by atoms with van der Waals surface area (Å²) in [5, 5.41) is 9.25. The predicted molar refractivity (Wildman–Crippen MR) is 199 cm³/mol. The van der Waals surface area contributed by atoms with E-state index in [-0.39, 0.29) is 18.8 Å². The standard InChI is InChI=1S/C42H70O4/c1-3-5-7-9-11-13-15-17-19-20-21-22-24-26-28-30-32-34-36-38-42(45)46-40(39-41(43)44)37-35-33-31-29-27-25-23-18-16-14-12-10-8-6-4-2/h5,7,11,13,17,19,21-22,26,28,32,34,40H,3-4,6,8-10,12,14-16,18,20,23-25,27,29-31,33,35-39H2,1-2H3,(H,43,44)/b7-5-,13-11-,19-17-,22-21-,28-26-,34-32-. The lowest BCUT2D eigenvalue weighted by atomic mass is 10.0. The van der Waals surface area contributed by atoms with E-state index in [2.05, 4.69) is 80.7 Å². The van der Waals surface area contributed by atoms with Crippen molar-refractivity contribution in [1.82, 2.24) is 0 Å². The molecule has 0 saturated heterocycles. The van der Waals surface area contributed by atoms with Crippen LogP contribution in [0.5, 0.6) is 0 Å². The van der Waals surface area contributed by atoms with Crippen LogP contribution in [0.3, 0.4) is 0 Å². The number of allylic oxidation sites excluding steroid dienone is 12. The summed E-state index contributed by atoms with van der Waals surface area (Å²) in [7, 11) is 0. The molecule has 0 fully saturated rings. The van der Waals surface area contributed by atoms with E-state index in [1.807, 2.05) is 6.08 Å². The summed E-state index contributed by atoms with van der Waals surface area (Å²) in [6, 6.07) is 0. The SMILES string of the molecule is CC/C=C\C/C=C\C/C=C\C/C=C\C/C=C\C/C=C\CCC(=O)OC(CCCCCCCCCCCCCCCCC)CC(=O)O. The average molecular weight is 639 g/mol. The number of carbonyl (C=O) groups is 2. The average Bonchev–Trinajstić information content (AvgIpc) is 3.03. The van der Waals surface area contributed by atoms with Crippen LogP contribution in [0.1, 0.15) is 174 Å². The molecule has 1 N–H and O–H groups in total. The molecule has 0 spiro atoms. The molecule has 0 radical (unpaired) electrons. The molecular weight excluding hydrogens is 568 g/mol. The lowest BCUT2D eigenvalue weighted by Crippen LogP contribution is -2.21. The van der Waals surface area contributed by atoms with Crippen LogP contribution >= 0.6 is 0 Å². The number of carboxylic acids is 1. The van der Waals surface area contributed by atoms with Gasteiger partial charge in [0.2, 0.25) is 0 Å². The molecule has 4 nitrogen and oxygen atoms in total. The Labute approximate surface area is 284 Å². The maximum Gasteiger partial charge on any atom is 0.307 e. The molecule has 1 unspecified atom stereocenters. The van der Waals surface area contributed by atoms with Crippen molar-refractivity contribution in [3.8, 4) is 0 Å². The Morgan fingerprint density at radius 2 is 0.891 bits per heavy atom. The van der Waals surface area contributed by atoms with E-state index in [9.17, 15) is 14.7 Å². The Bertz CT molecular complexity index is 861. The second-order valence-electron chi connectivity index (χ2n) is 12.4. The van der Waals surface area contributed by atoms with Gasteiger partial charge >= 0.3 is 11.9 Å². The number of rotatable bonds is 33. The van der Waals surface area contributed by atoms with Crippen LogP contribution in [-0.4, -0.2) is 23.1 Å². The lowest BCUT2D eigenvalue weighted by Gasteiger charge is -2.16. The number of unbranched alkanes of at least 4 members (excludes halogenated alkanes) is 14. The maximum absolute atomic E-state index is 12.3. The monoisotopic (exact) mass is 639 g/mol. The van der Waals surface area contributed by atoms with Crippen molar-refractivity contribution in [1.29, 1.82) is 0 Å². The maximum atomic E-state index is 12.3. The van der Waals surface area contributed by atoms with Crippen molar-refractivity contribution in [2.24, 2.45) is 0 Å². The number of carboxylic acid groups (broad SMARTS) is 1. The molecule has 0 aromatic carbocycles. The van der Waals surface area contributed by atoms with Crippen molar-refractivity contribution < 1.29 is 19.4 Å². The summed E-state index contributed by atoms with van der Waals surface area (Å²) in [4.78, 5) is 23.6. The van der Waals surface area contributed by atoms with Crippen molar-refractivity contribution in [2.45, 2.75) is 180 Å². The van der Waals surface area contributed by atoms with Gasteiger partial charge in [-0.25, -0.2) is 0 Å². The highest BCUT2D eigenvalue weighted by atomic mass is 16.5. The molecule has 0 amide bonds. The third-order valence-electron chi connectivity index (χ3n) is 7.94. The molecule has 4 heteroatoms. The Kier molecular flexibility index (Phi) is 34.7. The Balaban J connectivity index is 3.84. The van der Waals surface area contributed by atoms with E-state index in [4.69, 9.17) is 4.74 Å². The molecule has 0 saturated carbocycles. The topological polar surface area (TPSA) is 63.6 Å². The lowest BCUT2D eigenvalue weighted by molar-refractivity contribution is -0.153. The number of hydrogen-bond donors (Lipinski definition) is 1. The Morgan fingerprint density at radius 1 is 0.522 bits per heavy atom. The summed E-state index contributed by atoms with van der Waals surface area (Å²) >= 11 is 0. The number of esters is 1. The van der Waals surface area contributed by atoms with Crippen LogP contribution in [-0.2, 0) is 14.3 Å². The molecule has 46 heavy (non-hydrogen) atoms. The van der Waals surface area contributed by atoms with Crippen LogP contribution in [0, 0.1) is 0 Å². The van der Waals surface area contributed by atoms with E-state index >= 15 is 0 Å². The molecule has 0 heterocycles. The van der Waals surface area contributed by atoms with Gasteiger partial charge in [0.25, 0.3) is 0 Å². The number of ether oxygens (including phenoxy) is 1. The highest BCUT2D eigenvalue weighted by Crippen LogP contribution is 2.16. The van der Waals surface area contributed by atoms with Crippen LogP contribution in [0.4, 0.5) is 0 Å². The number of carbonyl (C=O) groups excluding carboxylic acids is 1. The third-order valence-corrected chi connectivity index (χ3v) is 7.94. The minimum Gasteiger partial charge on any atom is -0.481 e. The van der Waals surface area contributed by atoms with Gasteiger partial charge in [-0.3, -0.25) is 9.59 Å². The van der Waals surface area contributed by atoms with E-state index in [0.717, 1.165) is 51.4 Å². The van der Waals surface area contributed by atoms with Crippen LogP contribution in [0.15, 0.2) is 72.9 Å². The van der Waals surface area contributed by atoms with E-state index < -0.39 is 12.1 Å². The van der Waals surface area contributed by atoms with Crippen LogP contribution in [0.2, 0.25) is 0 Å². The van der Waals surface area contributed by atoms with Gasteiger partial charge in [0.05, 0.1) is 6.42 Å². The molecule has 262 valence electrons. The van der Waals surface area contributed by atoms with Crippen molar-refractivity contribution in [2.75, 3.05) is 0 Å². The van der Waals surface area contributed by atoms with Gasteiger partial charge in [0, 0.05) is 6.42 Å². The first-order valence-corrected chi connectivity index (χ1v) is 18.9. The fourth-order valence-electron chi connectivity index (χ4n) is 5.23. The van der Waals surface area contributed by atoms with Crippen molar-refractivity contribution in [3.63, 3.8) is 0 Å². The zero-order chi connectivity index (χ0) is 33.6. The number of hydrogen-bond acceptors (Lipinski definition) is 3. The molecular formula is C42H70O4. The zero-order valence-electron chi connectivity index (χ0n) is 29.9. The Morgan fingerprint density at radius 3 is 1.28 bits per heavy atom. The Hall–Kier alpha value is -2.62. The second kappa shape index (κ2) is 36.8. The predicted octanol–water partition coefficient (Wildman–Crippen LogP) is 13.1. The first-order chi connectivity index (χ1) is 22.6. The highest BCUT2D eigenvalue weighted by Gasteiger charge is 2.17. The van der Waals surface area contributed by atoms with E-state index in [0.29, 0.717) is 12.8 Å². The van der Waals surface area contributed by atoms with Crippen LogP contribution in [0.25, 0.3) is 0 Å². The summed E-state index contributed by atoms with van der Waals surface area (Å²) in [5.41, 5.74) is 0. The number of aliphatic carboxylic acids is 1. The molecule has 0 aromatic rings. The fourth-order valence-corrected chi connectivity index (χ4v) is 5.23. The molecule has 0 aliphatic carbocycles. The van der Waals surface area contributed by atoms with Gasteiger partial charge in [-0.2, -0.15) is 0 Å². The summed E-state index contributed by atoms with van der Waals surface area (Å²) < 4.78 is 5.53. The molecule has 0 aliphatic rings. The van der Waals surface area contributed by atoms with Gasteiger partial charge < -0.3 is 9.84 Å². The molecule has 0 bridgehead atoms. The normalized spacial score (nSPS) is 13.1. The second-order valence-corrected chi connectivity index (χ2v) is 12.4.